The van der Waals surface area contributed by atoms with E-state index >= 15 is 0 Å². The lowest BCUT2D eigenvalue weighted by atomic mass is 9.91. The van der Waals surface area contributed by atoms with E-state index in [9.17, 15) is 0 Å². The SMILES string of the molecule is CCCN(c1nc2cccc(C)n2n1)C1CCC(N)CC1. The van der Waals surface area contributed by atoms with E-state index in [1.165, 1.54) is 0 Å². The first-order valence-corrected chi connectivity index (χ1v) is 8.03. The monoisotopic (exact) mass is 287 g/mol. The molecule has 2 heterocycles. The van der Waals surface area contributed by atoms with Gasteiger partial charge in [-0.1, -0.05) is 13.0 Å². The summed E-state index contributed by atoms with van der Waals surface area (Å²) in [4.78, 5) is 7.12. The van der Waals surface area contributed by atoms with Crippen molar-refractivity contribution in [3.63, 3.8) is 0 Å². The average molecular weight is 287 g/mol. The molecule has 0 saturated heterocycles. The van der Waals surface area contributed by atoms with Gasteiger partial charge in [0, 0.05) is 24.3 Å². The van der Waals surface area contributed by atoms with Crippen LogP contribution in [0.25, 0.3) is 5.65 Å². The van der Waals surface area contributed by atoms with Gasteiger partial charge in [0.15, 0.2) is 5.65 Å². The number of rotatable bonds is 4. The molecule has 21 heavy (non-hydrogen) atoms. The zero-order valence-electron chi connectivity index (χ0n) is 13.0. The fourth-order valence-electron chi connectivity index (χ4n) is 3.25. The van der Waals surface area contributed by atoms with Gasteiger partial charge in [-0.2, -0.15) is 4.98 Å². The maximum Gasteiger partial charge on any atom is 0.245 e. The van der Waals surface area contributed by atoms with Crippen molar-refractivity contribution >= 4 is 11.6 Å². The molecule has 1 fully saturated rings. The smallest absolute Gasteiger partial charge is 0.245 e. The third-order valence-electron chi connectivity index (χ3n) is 4.44. The minimum absolute atomic E-state index is 0.376. The molecule has 2 aromatic rings. The summed E-state index contributed by atoms with van der Waals surface area (Å²) in [5.41, 5.74) is 8.09. The summed E-state index contributed by atoms with van der Waals surface area (Å²) in [6.07, 6.45) is 5.62. The summed E-state index contributed by atoms with van der Waals surface area (Å²) in [5, 5.41) is 4.73. The van der Waals surface area contributed by atoms with Gasteiger partial charge < -0.3 is 10.6 Å². The molecule has 0 atom stereocenters. The Morgan fingerprint density at radius 2 is 2.05 bits per heavy atom. The summed E-state index contributed by atoms with van der Waals surface area (Å²) in [5.74, 6) is 0.867. The van der Waals surface area contributed by atoms with Crippen LogP contribution in [0.2, 0.25) is 0 Å². The molecule has 114 valence electrons. The van der Waals surface area contributed by atoms with Crippen LogP contribution in [0, 0.1) is 6.92 Å². The second kappa shape index (κ2) is 6.02. The molecule has 1 aliphatic carbocycles. The number of fused-ring (bicyclic) bond motifs is 1. The van der Waals surface area contributed by atoms with E-state index in [1.807, 2.05) is 16.6 Å². The summed E-state index contributed by atoms with van der Waals surface area (Å²) in [7, 11) is 0. The molecular formula is C16H25N5. The van der Waals surface area contributed by atoms with Gasteiger partial charge in [0.1, 0.15) is 0 Å². The number of aromatic nitrogens is 3. The topological polar surface area (TPSA) is 59.5 Å². The number of pyridine rings is 1. The van der Waals surface area contributed by atoms with Gasteiger partial charge in [0.25, 0.3) is 0 Å². The first kappa shape index (κ1) is 14.3. The minimum atomic E-state index is 0.376. The third-order valence-corrected chi connectivity index (χ3v) is 4.44. The second-order valence-corrected chi connectivity index (χ2v) is 6.11. The average Bonchev–Trinajstić information content (AvgIpc) is 2.91. The van der Waals surface area contributed by atoms with Gasteiger partial charge in [0.05, 0.1) is 0 Å². The van der Waals surface area contributed by atoms with Crippen molar-refractivity contribution in [3.8, 4) is 0 Å². The molecule has 0 aromatic carbocycles. The van der Waals surface area contributed by atoms with E-state index in [2.05, 4.69) is 24.8 Å². The summed E-state index contributed by atoms with van der Waals surface area (Å²) >= 11 is 0. The van der Waals surface area contributed by atoms with Gasteiger partial charge in [-0.25, -0.2) is 4.52 Å². The van der Waals surface area contributed by atoms with Crippen molar-refractivity contribution in [2.75, 3.05) is 11.4 Å². The van der Waals surface area contributed by atoms with Crippen LogP contribution in [0.15, 0.2) is 18.2 Å². The Balaban J connectivity index is 1.89. The highest BCUT2D eigenvalue weighted by atomic mass is 15.4. The van der Waals surface area contributed by atoms with Gasteiger partial charge in [0.2, 0.25) is 5.95 Å². The highest BCUT2D eigenvalue weighted by Crippen LogP contribution is 2.26. The van der Waals surface area contributed by atoms with Gasteiger partial charge in [-0.3, -0.25) is 0 Å². The van der Waals surface area contributed by atoms with Crippen LogP contribution >= 0.6 is 0 Å². The van der Waals surface area contributed by atoms with Crippen molar-refractivity contribution in [1.82, 2.24) is 14.6 Å². The number of hydrogen-bond acceptors (Lipinski definition) is 4. The van der Waals surface area contributed by atoms with Crippen LogP contribution in [0.3, 0.4) is 0 Å². The lowest BCUT2D eigenvalue weighted by molar-refractivity contribution is 0.372. The lowest BCUT2D eigenvalue weighted by Crippen LogP contribution is -2.42. The van der Waals surface area contributed by atoms with Crippen molar-refractivity contribution in [2.45, 2.75) is 58.0 Å². The Bertz CT molecular complexity index is 598. The predicted molar refractivity (Wildman–Crippen MR) is 85.6 cm³/mol. The highest BCUT2D eigenvalue weighted by Gasteiger charge is 2.26. The minimum Gasteiger partial charge on any atom is -0.337 e. The molecule has 3 rings (SSSR count). The highest BCUT2D eigenvalue weighted by molar-refractivity contribution is 5.46. The first-order chi connectivity index (χ1) is 10.2. The van der Waals surface area contributed by atoms with Crippen molar-refractivity contribution in [2.24, 2.45) is 5.73 Å². The van der Waals surface area contributed by atoms with Crippen LogP contribution < -0.4 is 10.6 Å². The molecule has 1 saturated carbocycles. The van der Waals surface area contributed by atoms with Crippen LogP contribution in [0.1, 0.15) is 44.7 Å². The standard InChI is InChI=1S/C16H25N5/c1-3-11-20(14-9-7-13(17)8-10-14)16-18-15-6-4-5-12(2)21(15)19-16/h4-6,13-14H,3,7-11,17H2,1-2H3. The Hall–Kier alpha value is -1.62. The van der Waals surface area contributed by atoms with E-state index in [0.717, 1.165) is 55.9 Å². The number of nitrogens with two attached hydrogens (primary N) is 1. The number of nitrogens with zero attached hydrogens (tertiary/aromatic N) is 4. The molecule has 5 heteroatoms. The summed E-state index contributed by atoms with van der Waals surface area (Å²) < 4.78 is 1.94. The van der Waals surface area contributed by atoms with E-state index in [0.29, 0.717) is 12.1 Å². The van der Waals surface area contributed by atoms with Crippen molar-refractivity contribution in [3.05, 3.63) is 23.9 Å². The zero-order chi connectivity index (χ0) is 14.8. The van der Waals surface area contributed by atoms with E-state index in [-0.39, 0.29) is 0 Å². The molecule has 0 unspecified atom stereocenters. The van der Waals surface area contributed by atoms with Gasteiger partial charge in [-0.15, -0.1) is 5.10 Å². The summed E-state index contributed by atoms with van der Waals surface area (Å²) in [6.45, 7) is 5.29. The molecule has 2 N–H and O–H groups in total. The fourth-order valence-corrected chi connectivity index (χ4v) is 3.25. The molecule has 5 nitrogen and oxygen atoms in total. The Morgan fingerprint density at radius 1 is 1.29 bits per heavy atom. The third kappa shape index (κ3) is 2.88. The van der Waals surface area contributed by atoms with Crippen LogP contribution in [0.4, 0.5) is 5.95 Å². The van der Waals surface area contributed by atoms with Crippen LogP contribution in [-0.4, -0.2) is 33.2 Å². The maximum absolute atomic E-state index is 6.04. The van der Waals surface area contributed by atoms with E-state index < -0.39 is 0 Å². The van der Waals surface area contributed by atoms with Gasteiger partial charge >= 0.3 is 0 Å². The lowest BCUT2D eigenvalue weighted by Gasteiger charge is -2.35. The Labute approximate surface area is 126 Å². The molecule has 0 aliphatic heterocycles. The number of hydrogen-bond donors (Lipinski definition) is 1. The largest absolute Gasteiger partial charge is 0.337 e. The molecular weight excluding hydrogens is 262 g/mol. The Morgan fingerprint density at radius 3 is 2.71 bits per heavy atom. The second-order valence-electron chi connectivity index (χ2n) is 6.11. The van der Waals surface area contributed by atoms with Crippen molar-refractivity contribution < 1.29 is 0 Å². The molecule has 1 aliphatic rings. The fraction of sp³-hybridized carbons (Fsp3) is 0.625. The zero-order valence-corrected chi connectivity index (χ0v) is 13.0. The first-order valence-electron chi connectivity index (χ1n) is 8.03. The molecule has 0 radical (unpaired) electrons. The van der Waals surface area contributed by atoms with Crippen molar-refractivity contribution in [1.29, 1.82) is 0 Å². The van der Waals surface area contributed by atoms with Gasteiger partial charge in [-0.05, 0) is 51.2 Å². The quantitative estimate of drug-likeness (QED) is 0.938. The van der Waals surface area contributed by atoms with Crippen LogP contribution in [-0.2, 0) is 0 Å². The van der Waals surface area contributed by atoms with E-state index in [1.54, 1.807) is 0 Å². The molecule has 0 bridgehead atoms. The predicted octanol–water partition coefficient (Wildman–Crippen LogP) is 2.52. The molecule has 0 spiro atoms. The number of anilines is 1. The maximum atomic E-state index is 6.04. The summed E-state index contributed by atoms with van der Waals surface area (Å²) in [6, 6.07) is 7.02. The Kier molecular flexibility index (Phi) is 4.10. The molecule has 0 amide bonds. The molecule has 2 aromatic heterocycles. The normalized spacial score (nSPS) is 22.6. The van der Waals surface area contributed by atoms with Crippen LogP contribution in [0.5, 0.6) is 0 Å². The van der Waals surface area contributed by atoms with E-state index in [4.69, 9.17) is 15.8 Å². The number of aryl methyl sites for hydroxylation is 1.